The number of methoxy groups -OCH3 is 1. The Labute approximate surface area is 176 Å². The molecule has 0 saturated heterocycles. The minimum atomic E-state index is -2.71. The predicted octanol–water partition coefficient (Wildman–Crippen LogP) is 4.31. The highest BCUT2D eigenvalue weighted by molar-refractivity contribution is 5.91. The van der Waals surface area contributed by atoms with Crippen molar-refractivity contribution in [2.45, 2.75) is 19.3 Å². The van der Waals surface area contributed by atoms with Crippen molar-refractivity contribution in [2.24, 2.45) is 0 Å². The molecule has 0 aliphatic heterocycles. The van der Waals surface area contributed by atoms with Crippen molar-refractivity contribution in [3.8, 4) is 23.0 Å². The van der Waals surface area contributed by atoms with E-state index >= 15 is 0 Å². The maximum absolute atomic E-state index is 12.7. The average molecular weight is 431 g/mol. The Kier molecular flexibility index (Phi) is 7.31. The normalized spacial score (nSPS) is 10.7. The third-order valence-corrected chi connectivity index (χ3v) is 4.13. The van der Waals surface area contributed by atoms with Gasteiger partial charge >= 0.3 is 11.9 Å². The van der Waals surface area contributed by atoms with Crippen molar-refractivity contribution in [2.75, 3.05) is 13.7 Å². The number of hydrogen-bond donors (Lipinski definition) is 0. The molecule has 31 heavy (non-hydrogen) atoms. The smallest absolute Gasteiger partial charge is 0.343 e. The number of rotatable bonds is 9. The average Bonchev–Trinajstić information content (AvgIpc) is 3.26. The quantitative estimate of drug-likeness (QED) is 0.368. The second-order valence-corrected chi connectivity index (χ2v) is 6.34. The highest BCUT2D eigenvalue weighted by Gasteiger charge is 2.17. The fourth-order valence-electron chi connectivity index (χ4n) is 2.61. The summed E-state index contributed by atoms with van der Waals surface area (Å²) in [5.74, 6) is -0.914. The molecule has 3 aromatic rings. The van der Waals surface area contributed by atoms with Crippen molar-refractivity contribution in [3.05, 3.63) is 66.1 Å². The molecule has 0 unspecified atom stereocenters. The molecule has 162 valence electrons. The summed E-state index contributed by atoms with van der Waals surface area (Å²) in [5.41, 5.74) is 1.25. The zero-order valence-corrected chi connectivity index (χ0v) is 16.5. The van der Waals surface area contributed by atoms with Crippen LogP contribution in [0.15, 0.2) is 59.2 Å². The highest BCUT2D eigenvalue weighted by Crippen LogP contribution is 2.33. The Morgan fingerprint density at radius 3 is 2.58 bits per heavy atom. The van der Waals surface area contributed by atoms with Gasteiger partial charge in [0.2, 0.25) is 5.89 Å². The van der Waals surface area contributed by atoms with Crippen LogP contribution in [0.2, 0.25) is 0 Å². The van der Waals surface area contributed by atoms with Crippen molar-refractivity contribution in [1.29, 1.82) is 0 Å². The predicted molar refractivity (Wildman–Crippen MR) is 105 cm³/mol. The van der Waals surface area contributed by atoms with Gasteiger partial charge in [-0.15, -0.1) is 0 Å². The van der Waals surface area contributed by atoms with Crippen LogP contribution in [0, 0.1) is 0 Å². The van der Waals surface area contributed by atoms with E-state index in [-0.39, 0.29) is 29.8 Å². The van der Waals surface area contributed by atoms with E-state index in [1.807, 2.05) is 0 Å². The lowest BCUT2D eigenvalue weighted by molar-refractivity contribution is -0.140. The molecular weight excluding hydrogens is 412 g/mol. The summed E-state index contributed by atoms with van der Waals surface area (Å²) < 4.78 is 45.8. The first-order valence-corrected chi connectivity index (χ1v) is 9.30. The molecule has 0 spiro atoms. The van der Waals surface area contributed by atoms with Crippen LogP contribution in [0.5, 0.6) is 11.5 Å². The lowest BCUT2D eigenvalue weighted by Gasteiger charge is -2.12. The van der Waals surface area contributed by atoms with Crippen LogP contribution in [0.1, 0.15) is 22.5 Å². The molecule has 1 aromatic heterocycles. The fourth-order valence-corrected chi connectivity index (χ4v) is 2.61. The second-order valence-electron chi connectivity index (χ2n) is 6.34. The molecule has 0 atom stereocenters. The Morgan fingerprint density at radius 1 is 1.10 bits per heavy atom. The summed E-state index contributed by atoms with van der Waals surface area (Å²) >= 11 is 0. The number of halogens is 2. The van der Waals surface area contributed by atoms with Crippen LogP contribution in [0.4, 0.5) is 8.78 Å². The Morgan fingerprint density at radius 2 is 1.87 bits per heavy atom. The van der Waals surface area contributed by atoms with E-state index in [1.54, 1.807) is 36.4 Å². The van der Waals surface area contributed by atoms with Gasteiger partial charge in [-0.2, -0.15) is 0 Å². The van der Waals surface area contributed by atoms with Crippen molar-refractivity contribution in [3.63, 3.8) is 0 Å². The number of aromatic nitrogens is 1. The summed E-state index contributed by atoms with van der Waals surface area (Å²) in [6.45, 7) is -0.880. The van der Waals surface area contributed by atoms with E-state index in [0.717, 1.165) is 0 Å². The van der Waals surface area contributed by atoms with Gasteiger partial charge in [-0.05, 0) is 30.3 Å². The molecule has 0 amide bonds. The number of carbonyl (C=O) groups excluding carboxylic acids is 2. The third-order valence-electron chi connectivity index (χ3n) is 4.13. The lowest BCUT2D eigenvalue weighted by atomic mass is 10.2. The van der Waals surface area contributed by atoms with Crippen LogP contribution in [0.3, 0.4) is 0 Å². The fraction of sp³-hybridized carbons (Fsp3) is 0.227. The summed E-state index contributed by atoms with van der Waals surface area (Å²) in [6.07, 6.45) is -0.869. The number of esters is 2. The first-order chi connectivity index (χ1) is 15.0. The molecular formula is C22H19F2NO6. The second kappa shape index (κ2) is 10.3. The summed E-state index contributed by atoms with van der Waals surface area (Å²) in [4.78, 5) is 27.9. The summed E-state index contributed by atoms with van der Waals surface area (Å²) in [7, 11) is 1.30. The van der Waals surface area contributed by atoms with Crippen LogP contribution in [-0.2, 0) is 16.0 Å². The van der Waals surface area contributed by atoms with Gasteiger partial charge in [0.05, 0.1) is 24.8 Å². The minimum absolute atomic E-state index is 0.0178. The van der Waals surface area contributed by atoms with Gasteiger partial charge in [0, 0.05) is 12.0 Å². The molecule has 3 rings (SSSR count). The maximum atomic E-state index is 12.7. The van der Waals surface area contributed by atoms with E-state index in [2.05, 4.69) is 9.72 Å². The molecule has 7 nitrogen and oxygen atoms in total. The molecule has 0 bridgehead atoms. The van der Waals surface area contributed by atoms with Gasteiger partial charge in [-0.1, -0.05) is 18.2 Å². The topological polar surface area (TPSA) is 87.9 Å². The number of oxazole rings is 1. The highest BCUT2D eigenvalue weighted by atomic mass is 19.3. The maximum Gasteiger partial charge on any atom is 0.343 e. The SMILES string of the molecule is COC(=O)CCc1coc(-c2ccc(OC(=O)c3ccccc3)c(OCC(F)F)c2)n1. The van der Waals surface area contributed by atoms with Gasteiger partial charge in [0.15, 0.2) is 11.5 Å². The largest absolute Gasteiger partial charge is 0.484 e. The molecule has 0 radical (unpaired) electrons. The van der Waals surface area contributed by atoms with Crippen molar-refractivity contribution < 1.29 is 37.0 Å². The van der Waals surface area contributed by atoms with Gasteiger partial charge < -0.3 is 18.6 Å². The lowest BCUT2D eigenvalue weighted by Crippen LogP contribution is -2.12. The van der Waals surface area contributed by atoms with Gasteiger partial charge in [0.25, 0.3) is 6.43 Å². The van der Waals surface area contributed by atoms with Gasteiger partial charge in [0.1, 0.15) is 12.9 Å². The Bertz CT molecular complexity index is 1040. The number of carbonyl (C=O) groups is 2. The zero-order valence-electron chi connectivity index (χ0n) is 16.5. The first-order valence-electron chi connectivity index (χ1n) is 9.30. The Balaban J connectivity index is 1.81. The molecule has 0 aliphatic rings. The van der Waals surface area contributed by atoms with E-state index < -0.39 is 19.0 Å². The number of nitrogens with zero attached hydrogens (tertiary/aromatic N) is 1. The summed E-state index contributed by atoms with van der Waals surface area (Å²) in [6, 6.07) is 12.6. The van der Waals surface area contributed by atoms with E-state index in [9.17, 15) is 18.4 Å². The number of hydrogen-bond acceptors (Lipinski definition) is 7. The number of aryl methyl sites for hydroxylation is 1. The molecule has 0 fully saturated rings. The first kappa shape index (κ1) is 21.9. The summed E-state index contributed by atoms with van der Waals surface area (Å²) in [5, 5.41) is 0. The van der Waals surface area contributed by atoms with E-state index in [1.165, 1.54) is 25.5 Å². The monoisotopic (exact) mass is 431 g/mol. The van der Waals surface area contributed by atoms with Gasteiger partial charge in [-0.25, -0.2) is 18.6 Å². The Hall–Kier alpha value is -3.75. The third kappa shape index (κ3) is 6.11. The molecule has 1 heterocycles. The standard InChI is InChI=1S/C22H19F2NO6/c1-28-20(26)10-8-16-12-30-21(25-16)15-7-9-17(18(11-15)29-13-19(23)24)31-22(27)14-5-3-2-4-6-14/h2-7,9,11-12,19H,8,10,13H2,1H3. The number of ether oxygens (including phenoxy) is 3. The van der Waals surface area contributed by atoms with E-state index in [0.29, 0.717) is 23.2 Å². The molecule has 9 heteroatoms. The zero-order chi connectivity index (χ0) is 22.2. The number of benzene rings is 2. The van der Waals surface area contributed by atoms with Crippen LogP contribution in [-0.4, -0.2) is 37.1 Å². The van der Waals surface area contributed by atoms with E-state index in [4.69, 9.17) is 13.9 Å². The van der Waals surface area contributed by atoms with Gasteiger partial charge in [-0.3, -0.25) is 4.79 Å². The minimum Gasteiger partial charge on any atom is -0.484 e. The van der Waals surface area contributed by atoms with Crippen LogP contribution in [0.25, 0.3) is 11.5 Å². The number of alkyl halides is 2. The van der Waals surface area contributed by atoms with Crippen molar-refractivity contribution >= 4 is 11.9 Å². The molecule has 0 N–H and O–H groups in total. The molecule has 2 aromatic carbocycles. The van der Waals surface area contributed by atoms with Crippen LogP contribution < -0.4 is 9.47 Å². The molecule has 0 aliphatic carbocycles. The van der Waals surface area contributed by atoms with Crippen LogP contribution >= 0.6 is 0 Å². The molecule has 0 saturated carbocycles. The van der Waals surface area contributed by atoms with Crippen molar-refractivity contribution in [1.82, 2.24) is 4.98 Å².